The molecule has 6 atom stereocenters. The molecule has 0 spiro atoms. The van der Waals surface area contributed by atoms with Crippen LogP contribution in [-0.4, -0.2) is 63.6 Å². The van der Waals surface area contributed by atoms with E-state index in [1.807, 2.05) is 0 Å². The Balaban J connectivity index is 1.86. The second kappa shape index (κ2) is 4.56. The molecule has 2 heterocycles. The van der Waals surface area contributed by atoms with Crippen LogP contribution >= 0.6 is 0 Å². The van der Waals surface area contributed by atoms with Gasteiger partial charge >= 0.3 is 0 Å². The lowest BCUT2D eigenvalue weighted by molar-refractivity contribution is -0.155. The van der Waals surface area contributed by atoms with Crippen LogP contribution in [0.3, 0.4) is 0 Å². The molecule has 0 aromatic heterocycles. The number of benzene rings is 1. The van der Waals surface area contributed by atoms with Crippen molar-refractivity contribution in [2.75, 3.05) is 6.79 Å². The van der Waals surface area contributed by atoms with Crippen LogP contribution in [0.1, 0.15) is 21.8 Å². The Hall–Kier alpha value is -1.87. The van der Waals surface area contributed by atoms with Crippen LogP contribution in [0.25, 0.3) is 0 Å². The lowest BCUT2D eigenvalue weighted by Gasteiger charge is -2.47. The summed E-state index contributed by atoms with van der Waals surface area (Å²) in [6.45, 7) is 0.0421. The Morgan fingerprint density at radius 1 is 0.955 bits per heavy atom. The Labute approximate surface area is 124 Å². The van der Waals surface area contributed by atoms with Crippen molar-refractivity contribution < 1.29 is 34.7 Å². The Morgan fingerprint density at radius 2 is 1.59 bits per heavy atom. The maximum Gasteiger partial charge on any atom is 0.252 e. The molecular formula is C14H15NO7. The number of nitrogens with one attached hydrogen (secondary N) is 1. The fourth-order valence-corrected chi connectivity index (χ4v) is 3.47. The first-order chi connectivity index (χ1) is 10.5. The molecule has 1 fully saturated rings. The number of ether oxygens (including phenoxy) is 2. The van der Waals surface area contributed by atoms with Crippen LogP contribution in [0.5, 0.6) is 11.5 Å². The number of rotatable bonds is 0. The van der Waals surface area contributed by atoms with Crippen molar-refractivity contribution >= 4 is 5.91 Å². The van der Waals surface area contributed by atoms with Gasteiger partial charge in [0.15, 0.2) is 11.5 Å². The molecule has 0 bridgehead atoms. The number of aliphatic hydroxyl groups excluding tert-OH is 4. The van der Waals surface area contributed by atoms with E-state index in [0.717, 1.165) is 0 Å². The summed E-state index contributed by atoms with van der Waals surface area (Å²) in [7, 11) is 0. The summed E-state index contributed by atoms with van der Waals surface area (Å²) < 4.78 is 10.5. The van der Waals surface area contributed by atoms with Crippen molar-refractivity contribution in [2.24, 2.45) is 0 Å². The quantitative estimate of drug-likeness (QED) is 0.377. The van der Waals surface area contributed by atoms with Crippen molar-refractivity contribution in [3.05, 3.63) is 23.3 Å². The van der Waals surface area contributed by atoms with Gasteiger partial charge in [-0.1, -0.05) is 0 Å². The van der Waals surface area contributed by atoms with Gasteiger partial charge in [0.25, 0.3) is 5.91 Å². The number of hydrogen-bond acceptors (Lipinski definition) is 7. The van der Waals surface area contributed by atoms with Gasteiger partial charge in [0.1, 0.15) is 18.3 Å². The molecule has 0 saturated heterocycles. The fourth-order valence-electron chi connectivity index (χ4n) is 3.47. The first kappa shape index (κ1) is 13.8. The molecule has 4 rings (SSSR count). The highest BCUT2D eigenvalue weighted by Gasteiger charge is 2.52. The van der Waals surface area contributed by atoms with Crippen LogP contribution in [0, 0.1) is 0 Å². The van der Waals surface area contributed by atoms with Gasteiger partial charge in [-0.15, -0.1) is 0 Å². The standard InChI is InChI=1S/C14H15NO7/c16-10-8-4-1-6-7(22-3-21-6)2-5(4)14(20)15-9(8)11(17)13(19)12(10)18/h1-2,8-13,16-19H,3H2,(H,15,20)/t8-,9-,10-,11+,12+,13+/m1/s1. The molecule has 2 aliphatic heterocycles. The van der Waals surface area contributed by atoms with Crippen molar-refractivity contribution in [2.45, 2.75) is 36.4 Å². The smallest absolute Gasteiger partial charge is 0.252 e. The van der Waals surface area contributed by atoms with Crippen molar-refractivity contribution in [1.82, 2.24) is 5.32 Å². The summed E-state index contributed by atoms with van der Waals surface area (Å²) in [6.07, 6.45) is -5.76. The summed E-state index contributed by atoms with van der Waals surface area (Å²) in [4.78, 5) is 12.2. The normalized spacial score (nSPS) is 39.0. The number of carbonyl (C=O) groups is 1. The van der Waals surface area contributed by atoms with E-state index in [1.54, 1.807) is 6.07 Å². The summed E-state index contributed by atoms with van der Waals surface area (Å²) in [5, 5.41) is 42.7. The highest BCUT2D eigenvalue weighted by molar-refractivity contribution is 5.98. The van der Waals surface area contributed by atoms with Gasteiger partial charge in [-0.05, 0) is 17.7 Å². The lowest BCUT2D eigenvalue weighted by atomic mass is 9.70. The molecule has 8 heteroatoms. The predicted octanol–water partition coefficient (Wildman–Crippen LogP) is -1.93. The summed E-state index contributed by atoms with van der Waals surface area (Å²) >= 11 is 0. The number of hydrogen-bond donors (Lipinski definition) is 5. The molecule has 8 nitrogen and oxygen atoms in total. The molecule has 1 saturated carbocycles. The minimum absolute atomic E-state index is 0.0421. The van der Waals surface area contributed by atoms with Crippen LogP contribution in [-0.2, 0) is 0 Å². The highest BCUT2D eigenvalue weighted by Crippen LogP contribution is 2.44. The Kier molecular flexibility index (Phi) is 2.85. The molecule has 1 aliphatic carbocycles. The van der Waals surface area contributed by atoms with Crippen LogP contribution in [0.2, 0.25) is 0 Å². The van der Waals surface area contributed by atoms with Gasteiger partial charge in [0.05, 0.1) is 12.1 Å². The molecule has 0 radical (unpaired) electrons. The molecule has 0 unspecified atom stereocenters. The number of fused-ring (bicyclic) bond motifs is 4. The molecule has 1 aromatic rings. The van der Waals surface area contributed by atoms with Crippen molar-refractivity contribution in [3.8, 4) is 11.5 Å². The predicted molar refractivity (Wildman–Crippen MR) is 70.6 cm³/mol. The highest BCUT2D eigenvalue weighted by atomic mass is 16.7. The second-order valence-corrected chi connectivity index (χ2v) is 5.78. The average Bonchev–Trinajstić information content (AvgIpc) is 2.96. The zero-order valence-electron chi connectivity index (χ0n) is 11.3. The van der Waals surface area contributed by atoms with Gasteiger partial charge < -0.3 is 35.2 Å². The summed E-state index contributed by atoms with van der Waals surface area (Å²) in [6, 6.07) is 2.20. The SMILES string of the molecule is O=C1N[C@H]2[C@H](O)[C@H](O)[C@@H](O)[C@H](O)[C@@H]2c2cc3c(cc21)OCO3. The van der Waals surface area contributed by atoms with Gasteiger partial charge in [0.2, 0.25) is 6.79 Å². The number of aliphatic hydroxyl groups is 4. The third kappa shape index (κ3) is 1.69. The van der Waals surface area contributed by atoms with Crippen molar-refractivity contribution in [3.63, 3.8) is 0 Å². The van der Waals surface area contributed by atoms with E-state index in [1.165, 1.54) is 6.07 Å². The monoisotopic (exact) mass is 309 g/mol. The molecular weight excluding hydrogens is 294 g/mol. The third-order valence-corrected chi connectivity index (χ3v) is 4.62. The van der Waals surface area contributed by atoms with E-state index in [-0.39, 0.29) is 6.79 Å². The molecule has 22 heavy (non-hydrogen) atoms. The zero-order valence-corrected chi connectivity index (χ0v) is 11.3. The third-order valence-electron chi connectivity index (χ3n) is 4.62. The average molecular weight is 309 g/mol. The van der Waals surface area contributed by atoms with Gasteiger partial charge in [0, 0.05) is 11.5 Å². The molecule has 5 N–H and O–H groups in total. The van der Waals surface area contributed by atoms with E-state index in [4.69, 9.17) is 9.47 Å². The molecule has 118 valence electrons. The van der Waals surface area contributed by atoms with E-state index in [9.17, 15) is 25.2 Å². The summed E-state index contributed by atoms with van der Waals surface area (Å²) in [5.74, 6) is -0.326. The minimum atomic E-state index is -1.54. The topological polar surface area (TPSA) is 128 Å². The molecule has 3 aliphatic rings. The van der Waals surface area contributed by atoms with Gasteiger partial charge in [-0.3, -0.25) is 4.79 Å². The van der Waals surface area contributed by atoms with Crippen LogP contribution < -0.4 is 14.8 Å². The van der Waals surface area contributed by atoms with E-state index in [0.29, 0.717) is 22.6 Å². The number of carbonyl (C=O) groups excluding carboxylic acids is 1. The lowest BCUT2D eigenvalue weighted by Crippen LogP contribution is -2.66. The van der Waals surface area contributed by atoms with E-state index < -0.39 is 42.3 Å². The first-order valence-electron chi connectivity index (χ1n) is 6.95. The maximum absolute atomic E-state index is 12.2. The van der Waals surface area contributed by atoms with Crippen LogP contribution in [0.4, 0.5) is 0 Å². The minimum Gasteiger partial charge on any atom is -0.454 e. The van der Waals surface area contributed by atoms with Gasteiger partial charge in [-0.2, -0.15) is 0 Å². The van der Waals surface area contributed by atoms with E-state index in [2.05, 4.69) is 5.32 Å². The van der Waals surface area contributed by atoms with Crippen molar-refractivity contribution in [1.29, 1.82) is 0 Å². The molecule has 1 amide bonds. The van der Waals surface area contributed by atoms with Gasteiger partial charge in [-0.25, -0.2) is 0 Å². The maximum atomic E-state index is 12.2. The fraction of sp³-hybridized carbons (Fsp3) is 0.500. The first-order valence-corrected chi connectivity index (χ1v) is 6.95. The molecule has 1 aromatic carbocycles. The Bertz CT molecular complexity index is 648. The van der Waals surface area contributed by atoms with E-state index >= 15 is 0 Å². The second-order valence-electron chi connectivity index (χ2n) is 5.78. The number of amides is 1. The zero-order chi connectivity index (χ0) is 15.6. The Morgan fingerprint density at radius 3 is 2.32 bits per heavy atom. The largest absolute Gasteiger partial charge is 0.454 e. The summed E-state index contributed by atoms with van der Waals surface area (Å²) in [5.41, 5.74) is 0.746. The van der Waals surface area contributed by atoms with Crippen LogP contribution in [0.15, 0.2) is 12.1 Å².